The van der Waals surface area contributed by atoms with Crippen LogP contribution in [0.25, 0.3) is 33.4 Å². The first-order valence-electron chi connectivity index (χ1n) is 19.0. The fourth-order valence-electron chi connectivity index (χ4n) is 8.67. The van der Waals surface area contributed by atoms with Gasteiger partial charge in [0.1, 0.15) is 12.1 Å². The number of aryl methyl sites for hydroxylation is 1. The Morgan fingerprint density at radius 2 is 2.00 bits per heavy atom. The van der Waals surface area contributed by atoms with Crippen molar-refractivity contribution in [2.24, 2.45) is 35.0 Å². The Bertz CT molecular complexity index is 2080. The van der Waals surface area contributed by atoms with Gasteiger partial charge in [0, 0.05) is 71.6 Å². The highest BCUT2D eigenvalue weighted by molar-refractivity contribution is 7.10. The maximum Gasteiger partial charge on any atom is 0.325 e. The summed E-state index contributed by atoms with van der Waals surface area (Å²) in [5, 5.41) is 8.55. The fourth-order valence-corrected chi connectivity index (χ4v) is 9.52. The molecule has 1 saturated heterocycles. The zero-order valence-electron chi connectivity index (χ0n) is 31.6. The van der Waals surface area contributed by atoms with Gasteiger partial charge in [0.05, 0.1) is 34.8 Å². The summed E-state index contributed by atoms with van der Waals surface area (Å²) < 4.78 is 14.3. The molecule has 1 unspecified atom stereocenters. The molecule has 0 spiro atoms. The zero-order chi connectivity index (χ0) is 37.3. The Morgan fingerprint density at radius 1 is 1.21 bits per heavy atom. The molecule has 5 heterocycles. The molecule has 4 aromatic rings. The maximum atomic E-state index is 14.2. The minimum atomic E-state index is -0.822. The first-order chi connectivity index (χ1) is 25.4. The predicted molar refractivity (Wildman–Crippen MR) is 204 cm³/mol. The monoisotopic (exact) mass is 738 g/mol. The second-order valence-electron chi connectivity index (χ2n) is 16.4. The highest BCUT2D eigenvalue weighted by atomic mass is 32.1. The first kappa shape index (κ1) is 35.9. The van der Waals surface area contributed by atoms with E-state index in [2.05, 4.69) is 74.2 Å². The van der Waals surface area contributed by atoms with E-state index in [1.54, 1.807) is 12.1 Å². The molecule has 53 heavy (non-hydrogen) atoms. The number of aromatic nitrogens is 3. The van der Waals surface area contributed by atoms with Crippen molar-refractivity contribution in [1.29, 1.82) is 0 Å². The number of esters is 1. The van der Waals surface area contributed by atoms with Crippen molar-refractivity contribution in [2.45, 2.75) is 85.5 Å². The summed E-state index contributed by atoms with van der Waals surface area (Å²) >= 11 is 1.50. The van der Waals surface area contributed by atoms with Crippen LogP contribution in [0.2, 0.25) is 0 Å². The van der Waals surface area contributed by atoms with E-state index in [1.807, 2.05) is 24.6 Å². The van der Waals surface area contributed by atoms with E-state index in [1.165, 1.54) is 11.3 Å². The Kier molecular flexibility index (Phi) is 9.22. The highest BCUT2D eigenvalue weighted by Crippen LogP contribution is 2.47. The number of thiazole rings is 1. The van der Waals surface area contributed by atoms with Crippen LogP contribution < -0.4 is 10.7 Å². The van der Waals surface area contributed by atoms with Gasteiger partial charge in [0.2, 0.25) is 5.91 Å². The van der Waals surface area contributed by atoms with Gasteiger partial charge < -0.3 is 19.4 Å². The van der Waals surface area contributed by atoms with Crippen LogP contribution >= 0.6 is 11.3 Å². The van der Waals surface area contributed by atoms with Crippen LogP contribution in [-0.2, 0) is 43.2 Å². The molecular weight excluding hydrogens is 689 g/mol. The topological polar surface area (TPSA) is 128 Å². The lowest BCUT2D eigenvalue weighted by Gasteiger charge is -2.35. The van der Waals surface area contributed by atoms with Crippen molar-refractivity contribution in [1.82, 2.24) is 30.3 Å². The van der Waals surface area contributed by atoms with Crippen molar-refractivity contribution in [3.8, 4) is 22.5 Å². The summed E-state index contributed by atoms with van der Waals surface area (Å²) in [4.78, 5) is 51.4. The largest absolute Gasteiger partial charge is 0.464 e. The third-order valence-corrected chi connectivity index (χ3v) is 13.1. The lowest BCUT2D eigenvalue weighted by Crippen LogP contribution is -2.61. The van der Waals surface area contributed by atoms with Gasteiger partial charge in [-0.3, -0.25) is 24.4 Å². The summed E-state index contributed by atoms with van der Waals surface area (Å²) in [6, 6.07) is 9.13. The van der Waals surface area contributed by atoms with E-state index in [0.29, 0.717) is 13.0 Å². The maximum absolute atomic E-state index is 14.2. The second kappa shape index (κ2) is 13.6. The number of amides is 2. The molecule has 2 aliphatic heterocycles. The smallest absolute Gasteiger partial charge is 0.325 e. The average molecular weight is 739 g/mol. The number of fused-ring (bicyclic) bond motifs is 8. The third-order valence-electron chi connectivity index (χ3n) is 12.2. The van der Waals surface area contributed by atoms with Crippen molar-refractivity contribution < 1.29 is 23.9 Å². The van der Waals surface area contributed by atoms with E-state index in [4.69, 9.17) is 19.4 Å². The van der Waals surface area contributed by atoms with Gasteiger partial charge >= 0.3 is 5.97 Å². The molecule has 12 heteroatoms. The average Bonchev–Trinajstić information content (AvgIpc) is 3.95. The summed E-state index contributed by atoms with van der Waals surface area (Å²) in [6.07, 6.45) is 3.33. The number of hydrogen-bond donors (Lipinski definition) is 2. The number of hydrazine groups is 1. The zero-order valence-corrected chi connectivity index (χ0v) is 32.5. The van der Waals surface area contributed by atoms with Gasteiger partial charge in [-0.2, -0.15) is 0 Å². The van der Waals surface area contributed by atoms with E-state index in [0.717, 1.165) is 62.6 Å². The quantitative estimate of drug-likeness (QED) is 0.232. The molecule has 6 bridgehead atoms. The summed E-state index contributed by atoms with van der Waals surface area (Å²) in [5.41, 5.74) is 9.81. The molecule has 2 amide bonds. The fraction of sp³-hybridized carbons (Fsp3) is 0.537. The van der Waals surface area contributed by atoms with Gasteiger partial charge in [-0.25, -0.2) is 10.4 Å². The molecule has 2 N–H and O–H groups in total. The summed E-state index contributed by atoms with van der Waals surface area (Å²) in [5.74, 6) is 0.0498. The van der Waals surface area contributed by atoms with E-state index < -0.39 is 17.5 Å². The van der Waals surface area contributed by atoms with Crippen LogP contribution in [0.3, 0.4) is 0 Å². The number of nitrogens with one attached hydrogen (secondary N) is 2. The lowest BCUT2D eigenvalue weighted by atomic mass is 9.84. The van der Waals surface area contributed by atoms with Gasteiger partial charge in [0.15, 0.2) is 0 Å². The minimum Gasteiger partial charge on any atom is -0.464 e. The predicted octanol–water partition coefficient (Wildman–Crippen LogP) is 5.96. The normalized spacial score (nSPS) is 28.5. The standard InChI is InChI=1S/C41H50N6O5S/c1-8-46-32-12-11-24-14-28(32)29(37(46)26-10-9-13-42-35(26)23(4)51-7)17-41(5,6)20-52-40(50)36-27-15-25(27)18-47(45-36)39(49)30(16-33-43-31(24)19-53-33)44-38(48)34-21(2)22(34)3/h9-14,19,21-23,25,27,30,34,36,45H,8,15-18,20H2,1-7H3,(H,44,48)/t21-,22+,23-,25-,27-,30-,34?,36-/m0/s1. The van der Waals surface area contributed by atoms with Gasteiger partial charge in [-0.05, 0) is 80.2 Å². The number of ether oxygens (including phenoxy) is 2. The number of rotatable bonds is 6. The Morgan fingerprint density at radius 3 is 2.74 bits per heavy atom. The molecule has 1 aromatic carbocycles. The van der Waals surface area contributed by atoms with Gasteiger partial charge in [0.25, 0.3) is 5.91 Å². The number of hydrogen-bond acceptors (Lipinski definition) is 9. The van der Waals surface area contributed by atoms with Crippen LogP contribution in [0.1, 0.15) is 70.3 Å². The number of pyridine rings is 1. The minimum absolute atomic E-state index is 0.104. The molecule has 8 rings (SSSR count). The van der Waals surface area contributed by atoms with Crippen LogP contribution in [0.5, 0.6) is 0 Å². The van der Waals surface area contributed by atoms with Crippen LogP contribution in [-0.4, -0.2) is 69.7 Å². The summed E-state index contributed by atoms with van der Waals surface area (Å²) in [7, 11) is 1.70. The van der Waals surface area contributed by atoms with Gasteiger partial charge in [-0.1, -0.05) is 33.8 Å². The van der Waals surface area contributed by atoms with E-state index in [9.17, 15) is 14.4 Å². The highest BCUT2D eigenvalue weighted by Gasteiger charge is 2.54. The van der Waals surface area contributed by atoms with Crippen molar-refractivity contribution >= 4 is 40.0 Å². The molecule has 3 fully saturated rings. The van der Waals surface area contributed by atoms with Crippen LogP contribution in [0.15, 0.2) is 41.9 Å². The Hall–Kier alpha value is -4.13. The number of benzene rings is 1. The SMILES string of the molecule is CCn1c(-c2cccnc2[C@H](C)OC)c2c3cc(ccc31)-c1csc(n1)C[C@H](NC(=O)C1[C@@H](C)[C@H]1C)C(=O)N1C[C@@H]3C[C@@H]3[C@H](N1)C(=O)OCC(C)(C)C2. The Balaban J connectivity index is 1.25. The molecule has 8 atom stereocenters. The number of nitrogens with zero attached hydrogens (tertiary/aromatic N) is 4. The molecule has 2 saturated carbocycles. The molecule has 11 nitrogen and oxygen atoms in total. The molecule has 3 aromatic heterocycles. The molecular formula is C41H50N6O5S. The van der Waals surface area contributed by atoms with Crippen molar-refractivity contribution in [3.63, 3.8) is 0 Å². The molecule has 280 valence electrons. The van der Waals surface area contributed by atoms with Gasteiger partial charge in [-0.15, -0.1) is 11.3 Å². The number of carbonyl (C=O) groups is 3. The number of carbonyl (C=O) groups excluding carboxylic acids is 3. The van der Waals surface area contributed by atoms with Crippen molar-refractivity contribution in [3.05, 3.63) is 58.2 Å². The number of cyclic esters (lactones) is 1. The molecule has 0 radical (unpaired) electrons. The summed E-state index contributed by atoms with van der Waals surface area (Å²) in [6.45, 7) is 14.0. The molecule has 4 aliphatic rings. The van der Waals surface area contributed by atoms with Crippen LogP contribution in [0.4, 0.5) is 0 Å². The van der Waals surface area contributed by atoms with E-state index in [-0.39, 0.29) is 66.5 Å². The van der Waals surface area contributed by atoms with Crippen molar-refractivity contribution in [2.75, 3.05) is 20.3 Å². The van der Waals surface area contributed by atoms with Crippen LogP contribution in [0, 0.1) is 35.0 Å². The second-order valence-corrected chi connectivity index (χ2v) is 17.4. The third kappa shape index (κ3) is 6.56. The first-order valence-corrected chi connectivity index (χ1v) is 19.9. The Labute approximate surface area is 314 Å². The number of methoxy groups -OCH3 is 1. The molecule has 2 aliphatic carbocycles. The lowest BCUT2D eigenvalue weighted by molar-refractivity contribution is -0.156. The van der Waals surface area contributed by atoms with E-state index >= 15 is 0 Å².